The topological polar surface area (TPSA) is 55.5 Å². The Balaban J connectivity index is 1.60. The van der Waals surface area contributed by atoms with Gasteiger partial charge in [0.25, 0.3) is 0 Å². The predicted molar refractivity (Wildman–Crippen MR) is 92.2 cm³/mol. The highest BCUT2D eigenvalue weighted by molar-refractivity contribution is 6.31. The summed E-state index contributed by atoms with van der Waals surface area (Å²) in [5.41, 5.74) is 1.05. The second kappa shape index (κ2) is 6.28. The number of amides is 1. The van der Waals surface area contributed by atoms with Crippen molar-refractivity contribution < 1.29 is 9.21 Å². The fourth-order valence-corrected chi connectivity index (χ4v) is 4.51. The van der Waals surface area contributed by atoms with Crippen LogP contribution >= 0.6 is 11.6 Å². The van der Waals surface area contributed by atoms with Crippen molar-refractivity contribution >= 4 is 28.6 Å². The third kappa shape index (κ3) is 2.75. The average Bonchev–Trinajstić information content (AvgIpc) is 2.89. The first-order chi connectivity index (χ1) is 11.6. The smallest absolute Gasteiger partial charge is 0.408 e. The standard InChI is InChI=1S/C18H21ClN2O3/c19-13-7-8-15-16(10-13)24-18(23)21(15)11-17(22)20-9-3-5-12-4-1-2-6-14(12)20/h7-8,10,12,14H,1-6,9,11H2/t12-,14-/m0/s1. The maximum atomic E-state index is 12.9. The number of hydrogen-bond acceptors (Lipinski definition) is 3. The van der Waals surface area contributed by atoms with Crippen molar-refractivity contribution in [3.05, 3.63) is 33.8 Å². The Morgan fingerprint density at radius 3 is 2.88 bits per heavy atom. The van der Waals surface area contributed by atoms with Crippen LogP contribution in [0.5, 0.6) is 0 Å². The van der Waals surface area contributed by atoms with Crippen LogP contribution < -0.4 is 5.76 Å². The lowest BCUT2D eigenvalue weighted by molar-refractivity contribution is -0.138. The van der Waals surface area contributed by atoms with Crippen molar-refractivity contribution in [2.24, 2.45) is 5.92 Å². The number of carbonyl (C=O) groups is 1. The molecule has 0 N–H and O–H groups in total. The van der Waals surface area contributed by atoms with Gasteiger partial charge in [0.1, 0.15) is 6.54 Å². The summed E-state index contributed by atoms with van der Waals surface area (Å²) in [6.07, 6.45) is 7.06. The quantitative estimate of drug-likeness (QED) is 0.835. The lowest BCUT2D eigenvalue weighted by atomic mass is 9.78. The first kappa shape index (κ1) is 15.8. The molecule has 5 nitrogen and oxygen atoms in total. The molecule has 2 heterocycles. The number of likely N-dealkylation sites (tertiary alicyclic amines) is 1. The van der Waals surface area contributed by atoms with Gasteiger partial charge in [-0.3, -0.25) is 9.36 Å². The van der Waals surface area contributed by atoms with Crippen LogP contribution in [-0.4, -0.2) is 28.0 Å². The van der Waals surface area contributed by atoms with Crippen molar-refractivity contribution in [3.8, 4) is 0 Å². The van der Waals surface area contributed by atoms with Gasteiger partial charge in [0, 0.05) is 23.7 Å². The number of halogens is 1. The summed E-state index contributed by atoms with van der Waals surface area (Å²) in [7, 11) is 0. The predicted octanol–water partition coefficient (Wildman–Crippen LogP) is 3.43. The molecule has 24 heavy (non-hydrogen) atoms. The molecule has 1 aromatic carbocycles. The van der Waals surface area contributed by atoms with Crippen LogP contribution in [0.1, 0.15) is 38.5 Å². The molecule has 2 atom stereocenters. The summed E-state index contributed by atoms with van der Waals surface area (Å²) in [6.45, 7) is 0.840. The maximum absolute atomic E-state index is 12.9. The molecule has 0 spiro atoms. The molecule has 2 fully saturated rings. The van der Waals surface area contributed by atoms with Crippen LogP contribution in [0.4, 0.5) is 0 Å². The first-order valence-electron chi connectivity index (χ1n) is 8.72. The van der Waals surface area contributed by atoms with Crippen molar-refractivity contribution in [2.45, 2.75) is 51.1 Å². The van der Waals surface area contributed by atoms with Crippen molar-refractivity contribution in [3.63, 3.8) is 0 Å². The summed E-state index contributed by atoms with van der Waals surface area (Å²) < 4.78 is 6.64. The van der Waals surface area contributed by atoms with Gasteiger partial charge in [-0.1, -0.05) is 24.4 Å². The molecule has 0 radical (unpaired) electrons. The normalized spacial score (nSPS) is 24.1. The number of benzene rings is 1. The van der Waals surface area contributed by atoms with Crippen molar-refractivity contribution in [2.75, 3.05) is 6.54 Å². The lowest BCUT2D eigenvalue weighted by Crippen LogP contribution is -2.51. The minimum Gasteiger partial charge on any atom is -0.408 e. The zero-order valence-corrected chi connectivity index (χ0v) is 14.3. The van der Waals surface area contributed by atoms with E-state index in [4.69, 9.17) is 16.0 Å². The van der Waals surface area contributed by atoms with E-state index in [-0.39, 0.29) is 12.5 Å². The van der Waals surface area contributed by atoms with Gasteiger partial charge in [-0.05, 0) is 43.7 Å². The molecule has 1 amide bonds. The summed E-state index contributed by atoms with van der Waals surface area (Å²) in [6, 6.07) is 5.40. The van der Waals surface area contributed by atoms with E-state index in [2.05, 4.69) is 0 Å². The Bertz CT molecular complexity index is 823. The van der Waals surface area contributed by atoms with Crippen LogP contribution in [0.2, 0.25) is 5.02 Å². The average molecular weight is 349 g/mol. The fraction of sp³-hybridized carbons (Fsp3) is 0.556. The highest BCUT2D eigenvalue weighted by Gasteiger charge is 2.35. The molecule has 2 aromatic rings. The number of carbonyl (C=O) groups excluding carboxylic acids is 1. The van der Waals surface area contributed by atoms with E-state index in [1.54, 1.807) is 18.2 Å². The molecule has 1 saturated heterocycles. The van der Waals surface area contributed by atoms with Crippen LogP contribution in [0, 0.1) is 5.92 Å². The number of oxazole rings is 1. The van der Waals surface area contributed by atoms with Crippen LogP contribution in [0.15, 0.2) is 27.4 Å². The Labute approximate surface area is 145 Å². The van der Waals surface area contributed by atoms with Crippen LogP contribution in [-0.2, 0) is 11.3 Å². The van der Waals surface area contributed by atoms with Crippen LogP contribution in [0.25, 0.3) is 11.1 Å². The Morgan fingerprint density at radius 2 is 2.00 bits per heavy atom. The van der Waals surface area contributed by atoms with E-state index in [0.717, 1.165) is 19.4 Å². The zero-order valence-electron chi connectivity index (χ0n) is 13.5. The summed E-state index contributed by atoms with van der Waals surface area (Å²) in [5.74, 6) is 0.150. The van der Waals surface area contributed by atoms with E-state index in [1.165, 1.54) is 30.3 Å². The zero-order chi connectivity index (χ0) is 16.7. The van der Waals surface area contributed by atoms with Gasteiger partial charge in [0.05, 0.1) is 5.52 Å². The Hall–Kier alpha value is -1.75. The SMILES string of the molecule is O=C(Cn1c(=O)oc2cc(Cl)ccc21)N1CCC[C@@H]2CCCC[C@@H]21. The maximum Gasteiger partial charge on any atom is 0.420 e. The molecule has 6 heteroatoms. The molecule has 128 valence electrons. The van der Waals surface area contributed by atoms with Crippen molar-refractivity contribution in [1.82, 2.24) is 9.47 Å². The largest absolute Gasteiger partial charge is 0.420 e. The number of piperidine rings is 1. The van der Waals surface area contributed by atoms with Gasteiger partial charge in [-0.25, -0.2) is 4.79 Å². The van der Waals surface area contributed by atoms with E-state index < -0.39 is 5.76 Å². The second-order valence-corrected chi connectivity index (χ2v) is 7.34. The Kier molecular flexibility index (Phi) is 4.12. The van der Waals surface area contributed by atoms with Crippen LogP contribution in [0.3, 0.4) is 0 Å². The first-order valence-corrected chi connectivity index (χ1v) is 9.09. The van der Waals surface area contributed by atoms with E-state index in [0.29, 0.717) is 28.1 Å². The second-order valence-electron chi connectivity index (χ2n) is 6.91. The van der Waals surface area contributed by atoms with E-state index >= 15 is 0 Å². The minimum absolute atomic E-state index is 0.0198. The number of fused-ring (bicyclic) bond motifs is 2. The van der Waals surface area contributed by atoms with Gasteiger partial charge in [0.2, 0.25) is 5.91 Å². The van der Waals surface area contributed by atoms with Gasteiger partial charge in [-0.2, -0.15) is 0 Å². The minimum atomic E-state index is -0.502. The van der Waals surface area contributed by atoms with E-state index in [9.17, 15) is 9.59 Å². The number of rotatable bonds is 2. The highest BCUT2D eigenvalue weighted by atomic mass is 35.5. The van der Waals surface area contributed by atoms with Crippen molar-refractivity contribution in [1.29, 1.82) is 0 Å². The third-order valence-corrected chi connectivity index (χ3v) is 5.72. The molecule has 0 bridgehead atoms. The molecular weight excluding hydrogens is 328 g/mol. The molecule has 4 rings (SSSR count). The molecular formula is C18H21ClN2O3. The number of nitrogens with zero attached hydrogens (tertiary/aromatic N) is 2. The van der Waals surface area contributed by atoms with Gasteiger partial charge >= 0.3 is 5.76 Å². The summed E-state index contributed by atoms with van der Waals surface area (Å²) in [5, 5.41) is 0.510. The highest BCUT2D eigenvalue weighted by Crippen LogP contribution is 2.35. The molecule has 2 aliphatic rings. The number of aromatic nitrogens is 1. The Morgan fingerprint density at radius 1 is 1.21 bits per heavy atom. The monoisotopic (exact) mass is 348 g/mol. The van der Waals surface area contributed by atoms with Gasteiger partial charge < -0.3 is 9.32 Å². The fourth-order valence-electron chi connectivity index (χ4n) is 4.35. The summed E-state index contributed by atoms with van der Waals surface area (Å²) in [4.78, 5) is 27.0. The number of hydrogen-bond donors (Lipinski definition) is 0. The van der Waals surface area contributed by atoms with Gasteiger partial charge in [0.15, 0.2) is 5.58 Å². The molecule has 1 aliphatic heterocycles. The van der Waals surface area contributed by atoms with Gasteiger partial charge in [-0.15, -0.1) is 0 Å². The molecule has 0 unspecified atom stereocenters. The molecule has 1 saturated carbocycles. The van der Waals surface area contributed by atoms with E-state index in [1.807, 2.05) is 4.90 Å². The lowest BCUT2D eigenvalue weighted by Gasteiger charge is -2.44. The molecule has 1 aromatic heterocycles. The molecule has 1 aliphatic carbocycles. The summed E-state index contributed by atoms with van der Waals surface area (Å²) >= 11 is 5.94. The third-order valence-electron chi connectivity index (χ3n) is 5.49.